The fourth-order valence-corrected chi connectivity index (χ4v) is 1.47. The minimum absolute atomic E-state index is 0.120. The molecule has 3 N–H and O–H groups in total. The van der Waals surface area contributed by atoms with Crippen molar-refractivity contribution in [1.82, 2.24) is 10.6 Å². The van der Waals surface area contributed by atoms with Crippen molar-refractivity contribution in [3.8, 4) is 0 Å². The third-order valence-corrected chi connectivity index (χ3v) is 2.73. The summed E-state index contributed by atoms with van der Waals surface area (Å²) in [5, 5.41) is 14.2. The van der Waals surface area contributed by atoms with Crippen molar-refractivity contribution in [1.29, 1.82) is 0 Å². The zero-order valence-corrected chi connectivity index (χ0v) is 10.0. The summed E-state index contributed by atoms with van der Waals surface area (Å²) < 4.78 is 0. The van der Waals surface area contributed by atoms with Crippen LogP contribution in [0.2, 0.25) is 0 Å². The van der Waals surface area contributed by atoms with Gasteiger partial charge in [-0.15, -0.1) is 0 Å². The van der Waals surface area contributed by atoms with E-state index in [1.165, 1.54) is 0 Å². The number of carboxylic acid groups (broad SMARTS) is 1. The highest BCUT2D eigenvalue weighted by Gasteiger charge is 2.39. The van der Waals surface area contributed by atoms with E-state index in [2.05, 4.69) is 10.6 Å². The molecule has 0 bridgehead atoms. The van der Waals surface area contributed by atoms with Crippen molar-refractivity contribution in [3.05, 3.63) is 0 Å². The Kier molecular flexibility index (Phi) is 3.78. The summed E-state index contributed by atoms with van der Waals surface area (Å²) in [6.45, 7) is 5.81. The molecule has 0 spiro atoms. The lowest BCUT2D eigenvalue weighted by Crippen LogP contribution is -2.49. The smallest absolute Gasteiger partial charge is 0.326 e. The molecule has 0 heterocycles. The van der Waals surface area contributed by atoms with Crippen LogP contribution in [-0.2, 0) is 4.79 Å². The van der Waals surface area contributed by atoms with E-state index >= 15 is 0 Å². The van der Waals surface area contributed by atoms with Crippen molar-refractivity contribution in [2.45, 2.75) is 51.6 Å². The Morgan fingerprint density at radius 2 is 1.94 bits per heavy atom. The molecule has 0 aromatic carbocycles. The number of nitrogens with one attached hydrogen (secondary N) is 2. The van der Waals surface area contributed by atoms with Crippen LogP contribution in [0.15, 0.2) is 0 Å². The Morgan fingerprint density at radius 1 is 1.38 bits per heavy atom. The number of carboxylic acids is 1. The zero-order chi connectivity index (χ0) is 12.3. The van der Waals surface area contributed by atoms with E-state index in [0.717, 1.165) is 12.8 Å². The Balaban J connectivity index is 2.41. The summed E-state index contributed by atoms with van der Waals surface area (Å²) in [7, 11) is 0. The monoisotopic (exact) mass is 228 g/mol. The number of carbonyl (C=O) groups excluding carboxylic acids is 1. The molecule has 0 saturated heterocycles. The SMILES string of the molecule is CC(C)C[C@@H](NC(=O)NC1(C)CC1)C(=O)O. The molecule has 5 nitrogen and oxygen atoms in total. The maximum absolute atomic E-state index is 11.5. The van der Waals surface area contributed by atoms with E-state index in [1.54, 1.807) is 0 Å². The van der Waals surface area contributed by atoms with Crippen LogP contribution in [-0.4, -0.2) is 28.7 Å². The average Bonchev–Trinajstić information content (AvgIpc) is 2.80. The second kappa shape index (κ2) is 4.72. The van der Waals surface area contributed by atoms with Gasteiger partial charge in [-0.25, -0.2) is 9.59 Å². The van der Waals surface area contributed by atoms with Crippen molar-refractivity contribution in [2.24, 2.45) is 5.92 Å². The lowest BCUT2D eigenvalue weighted by atomic mass is 10.0. The van der Waals surface area contributed by atoms with Gasteiger partial charge in [-0.1, -0.05) is 13.8 Å². The first-order valence-electron chi connectivity index (χ1n) is 5.64. The molecule has 1 fully saturated rings. The van der Waals surface area contributed by atoms with Crippen LogP contribution in [0.3, 0.4) is 0 Å². The van der Waals surface area contributed by atoms with Gasteiger partial charge in [0, 0.05) is 5.54 Å². The Bertz CT molecular complexity index is 285. The quantitative estimate of drug-likeness (QED) is 0.664. The molecule has 1 saturated carbocycles. The second-order valence-corrected chi connectivity index (χ2v) is 5.18. The van der Waals surface area contributed by atoms with E-state index in [1.807, 2.05) is 20.8 Å². The normalized spacial score (nSPS) is 19.0. The van der Waals surface area contributed by atoms with Crippen LogP contribution in [0.4, 0.5) is 4.79 Å². The molecule has 0 unspecified atom stereocenters. The number of hydrogen-bond acceptors (Lipinski definition) is 2. The fourth-order valence-electron chi connectivity index (χ4n) is 1.47. The molecule has 1 aliphatic carbocycles. The third kappa shape index (κ3) is 4.08. The van der Waals surface area contributed by atoms with Crippen LogP contribution >= 0.6 is 0 Å². The molecule has 0 aliphatic heterocycles. The molecule has 2 amide bonds. The van der Waals surface area contributed by atoms with Crippen LogP contribution in [0.5, 0.6) is 0 Å². The summed E-state index contributed by atoms with van der Waals surface area (Å²) in [4.78, 5) is 22.4. The average molecular weight is 228 g/mol. The molecule has 0 aromatic rings. The Hall–Kier alpha value is -1.26. The van der Waals surface area contributed by atoms with Crippen molar-refractivity contribution in [3.63, 3.8) is 0 Å². The van der Waals surface area contributed by atoms with E-state index < -0.39 is 12.0 Å². The van der Waals surface area contributed by atoms with Crippen molar-refractivity contribution in [2.75, 3.05) is 0 Å². The standard InChI is InChI=1S/C11H20N2O3/c1-7(2)6-8(9(14)15)12-10(16)13-11(3)4-5-11/h7-8H,4-6H2,1-3H3,(H,14,15)(H2,12,13,16)/t8-/m1/s1. The second-order valence-electron chi connectivity index (χ2n) is 5.18. The molecule has 5 heteroatoms. The molecule has 1 rings (SSSR count). The van der Waals surface area contributed by atoms with Gasteiger partial charge in [0.2, 0.25) is 0 Å². The van der Waals surface area contributed by atoms with Crippen LogP contribution in [0.1, 0.15) is 40.0 Å². The summed E-state index contributed by atoms with van der Waals surface area (Å²) in [6, 6.07) is -1.18. The highest BCUT2D eigenvalue weighted by molar-refractivity contribution is 5.83. The molecule has 0 radical (unpaired) electrons. The largest absolute Gasteiger partial charge is 0.480 e. The number of hydrogen-bond donors (Lipinski definition) is 3. The molecule has 1 aliphatic rings. The van der Waals surface area contributed by atoms with Gasteiger partial charge in [0.15, 0.2) is 0 Å². The maximum Gasteiger partial charge on any atom is 0.326 e. The van der Waals surface area contributed by atoms with Crippen molar-refractivity contribution >= 4 is 12.0 Å². The number of rotatable bonds is 5. The lowest BCUT2D eigenvalue weighted by Gasteiger charge is -2.19. The van der Waals surface area contributed by atoms with Gasteiger partial charge in [-0.05, 0) is 32.1 Å². The molecule has 1 atom stereocenters. The topological polar surface area (TPSA) is 78.4 Å². The molecule has 92 valence electrons. The van der Waals surface area contributed by atoms with Gasteiger partial charge in [0.05, 0.1) is 0 Å². The lowest BCUT2D eigenvalue weighted by molar-refractivity contribution is -0.139. The first kappa shape index (κ1) is 12.8. The predicted molar refractivity (Wildman–Crippen MR) is 60.2 cm³/mol. The van der Waals surface area contributed by atoms with Gasteiger partial charge in [-0.3, -0.25) is 0 Å². The Morgan fingerprint density at radius 3 is 2.31 bits per heavy atom. The third-order valence-electron chi connectivity index (χ3n) is 2.73. The highest BCUT2D eigenvalue weighted by Crippen LogP contribution is 2.34. The minimum Gasteiger partial charge on any atom is -0.480 e. The number of urea groups is 1. The Labute approximate surface area is 95.6 Å². The molecule has 0 aromatic heterocycles. The summed E-state index contributed by atoms with van der Waals surface area (Å²) >= 11 is 0. The van der Waals surface area contributed by atoms with Crippen LogP contribution < -0.4 is 10.6 Å². The van der Waals surface area contributed by atoms with Gasteiger partial charge in [0.1, 0.15) is 6.04 Å². The number of amides is 2. The number of carbonyl (C=O) groups is 2. The highest BCUT2D eigenvalue weighted by atomic mass is 16.4. The van der Waals surface area contributed by atoms with E-state index in [9.17, 15) is 9.59 Å². The van der Waals surface area contributed by atoms with Gasteiger partial charge >= 0.3 is 12.0 Å². The van der Waals surface area contributed by atoms with Gasteiger partial charge in [-0.2, -0.15) is 0 Å². The van der Waals surface area contributed by atoms with Crippen LogP contribution in [0, 0.1) is 5.92 Å². The fraction of sp³-hybridized carbons (Fsp3) is 0.818. The zero-order valence-electron chi connectivity index (χ0n) is 10.0. The summed E-state index contributed by atoms with van der Waals surface area (Å²) in [5.74, 6) is -0.747. The molecule has 16 heavy (non-hydrogen) atoms. The number of aliphatic carboxylic acids is 1. The van der Waals surface area contributed by atoms with Gasteiger partial charge < -0.3 is 15.7 Å². The predicted octanol–water partition coefficient (Wildman–Crippen LogP) is 1.34. The molecular weight excluding hydrogens is 208 g/mol. The summed E-state index contributed by atoms with van der Waals surface area (Å²) in [6.07, 6.45) is 2.37. The van der Waals surface area contributed by atoms with Crippen LogP contribution in [0.25, 0.3) is 0 Å². The maximum atomic E-state index is 11.5. The van der Waals surface area contributed by atoms with E-state index in [4.69, 9.17) is 5.11 Å². The van der Waals surface area contributed by atoms with Gasteiger partial charge in [0.25, 0.3) is 0 Å². The first-order chi connectivity index (χ1) is 7.32. The van der Waals surface area contributed by atoms with E-state index in [-0.39, 0.29) is 17.5 Å². The van der Waals surface area contributed by atoms with Crippen molar-refractivity contribution < 1.29 is 14.7 Å². The van der Waals surface area contributed by atoms with E-state index in [0.29, 0.717) is 6.42 Å². The molecular formula is C11H20N2O3. The summed E-state index contributed by atoms with van der Waals surface area (Å²) in [5.41, 5.74) is -0.120. The minimum atomic E-state index is -0.982. The first-order valence-corrected chi connectivity index (χ1v) is 5.64.